The molecule has 0 aliphatic rings. The molecule has 0 radical (unpaired) electrons. The van der Waals surface area contributed by atoms with Crippen LogP contribution in [-0.2, 0) is 6.42 Å². The Bertz CT molecular complexity index is 558. The molecule has 1 heterocycles. The van der Waals surface area contributed by atoms with Crippen molar-refractivity contribution in [2.75, 3.05) is 5.73 Å². The molecule has 4 heteroatoms. The van der Waals surface area contributed by atoms with Crippen LogP contribution in [-0.4, -0.2) is 15.3 Å². The van der Waals surface area contributed by atoms with E-state index >= 15 is 0 Å². The molecule has 0 unspecified atom stereocenters. The zero-order valence-corrected chi connectivity index (χ0v) is 11.0. The Balaban J connectivity index is 2.68. The first-order valence-corrected chi connectivity index (χ1v) is 6.20. The highest BCUT2D eigenvalue weighted by atomic mass is 16.3. The first-order chi connectivity index (χ1) is 8.54. The third kappa shape index (κ3) is 2.06. The summed E-state index contributed by atoms with van der Waals surface area (Å²) >= 11 is 0. The van der Waals surface area contributed by atoms with Crippen LogP contribution in [0.2, 0.25) is 0 Å². The van der Waals surface area contributed by atoms with Gasteiger partial charge in [0, 0.05) is 11.6 Å². The van der Waals surface area contributed by atoms with E-state index in [0.717, 1.165) is 28.8 Å². The van der Waals surface area contributed by atoms with Crippen LogP contribution in [0.15, 0.2) is 18.2 Å². The predicted octanol–water partition coefficient (Wildman–Crippen LogP) is 3.05. The number of nitrogens with one attached hydrogen (secondary N) is 1. The van der Waals surface area contributed by atoms with Crippen molar-refractivity contribution in [3.05, 3.63) is 29.3 Å². The summed E-state index contributed by atoms with van der Waals surface area (Å²) in [5, 5.41) is 17.2. The van der Waals surface area contributed by atoms with Crippen molar-refractivity contribution < 1.29 is 5.11 Å². The molecule has 1 aromatic carbocycles. The third-order valence-corrected chi connectivity index (χ3v) is 3.16. The molecule has 0 saturated heterocycles. The molecule has 4 nitrogen and oxygen atoms in total. The van der Waals surface area contributed by atoms with Crippen molar-refractivity contribution in [3.8, 4) is 17.0 Å². The Hall–Kier alpha value is -1.97. The fourth-order valence-corrected chi connectivity index (χ4v) is 2.16. The Morgan fingerprint density at radius 3 is 2.61 bits per heavy atom. The summed E-state index contributed by atoms with van der Waals surface area (Å²) in [4.78, 5) is 0. The van der Waals surface area contributed by atoms with Gasteiger partial charge in [-0.25, -0.2) is 0 Å². The number of benzene rings is 1. The predicted molar refractivity (Wildman–Crippen MR) is 73.6 cm³/mol. The summed E-state index contributed by atoms with van der Waals surface area (Å²) in [6, 6.07) is 5.80. The van der Waals surface area contributed by atoms with E-state index in [2.05, 4.69) is 30.1 Å². The highest BCUT2D eigenvalue weighted by Crippen LogP contribution is 2.38. The Morgan fingerprint density at radius 1 is 1.39 bits per heavy atom. The number of hydrogen-bond acceptors (Lipinski definition) is 3. The number of aromatic amines is 1. The minimum atomic E-state index is 0.321. The smallest absolute Gasteiger partial charge is 0.145 e. The van der Waals surface area contributed by atoms with Crippen LogP contribution in [0, 0.1) is 0 Å². The molecular weight excluding hydrogens is 226 g/mol. The topological polar surface area (TPSA) is 74.9 Å². The number of H-pyrrole nitrogens is 1. The van der Waals surface area contributed by atoms with E-state index in [9.17, 15) is 5.11 Å². The zero-order chi connectivity index (χ0) is 13.3. The number of phenols is 1. The molecule has 0 bridgehead atoms. The minimum absolute atomic E-state index is 0.321. The fraction of sp³-hybridized carbons (Fsp3) is 0.357. The maximum absolute atomic E-state index is 10.4. The van der Waals surface area contributed by atoms with E-state index in [4.69, 9.17) is 5.73 Å². The molecule has 0 aliphatic carbocycles. The molecule has 1 aromatic heterocycles. The summed E-state index contributed by atoms with van der Waals surface area (Å²) in [6.07, 6.45) is 0.792. The number of nitrogens with two attached hydrogens (primary N) is 1. The first-order valence-electron chi connectivity index (χ1n) is 6.20. The molecule has 0 fully saturated rings. The lowest BCUT2D eigenvalue weighted by Crippen LogP contribution is -1.96. The SMILES string of the molecule is CCc1ccc(C(C)C)c(-c2cc(N)n[nH]2)c1O. The molecule has 0 aliphatic heterocycles. The van der Waals surface area contributed by atoms with Gasteiger partial charge in [-0.05, 0) is 23.5 Å². The molecule has 2 rings (SSSR count). The maximum Gasteiger partial charge on any atom is 0.145 e. The van der Waals surface area contributed by atoms with Crippen LogP contribution in [0.25, 0.3) is 11.3 Å². The second-order valence-corrected chi connectivity index (χ2v) is 4.75. The van der Waals surface area contributed by atoms with Crippen molar-refractivity contribution in [1.29, 1.82) is 0 Å². The van der Waals surface area contributed by atoms with Crippen LogP contribution in [0.3, 0.4) is 0 Å². The zero-order valence-electron chi connectivity index (χ0n) is 11.0. The first kappa shape index (κ1) is 12.5. The molecule has 0 atom stereocenters. The Labute approximate surface area is 107 Å². The van der Waals surface area contributed by atoms with Gasteiger partial charge < -0.3 is 10.8 Å². The van der Waals surface area contributed by atoms with Crippen molar-refractivity contribution >= 4 is 5.82 Å². The lowest BCUT2D eigenvalue weighted by molar-refractivity contribution is 0.469. The lowest BCUT2D eigenvalue weighted by atomic mass is 9.92. The van der Waals surface area contributed by atoms with Crippen molar-refractivity contribution in [2.24, 2.45) is 0 Å². The number of aryl methyl sites for hydroxylation is 1. The number of aromatic hydroxyl groups is 1. The molecule has 2 aromatic rings. The normalized spacial score (nSPS) is 11.1. The summed E-state index contributed by atoms with van der Waals surface area (Å²) in [7, 11) is 0. The van der Waals surface area contributed by atoms with Gasteiger partial charge in [0.15, 0.2) is 0 Å². The summed E-state index contributed by atoms with van der Waals surface area (Å²) in [5.41, 5.74) is 9.24. The fourth-order valence-electron chi connectivity index (χ4n) is 2.16. The highest BCUT2D eigenvalue weighted by Gasteiger charge is 2.17. The summed E-state index contributed by atoms with van der Waals surface area (Å²) in [6.45, 7) is 6.22. The standard InChI is InChI=1S/C14H19N3O/c1-4-9-5-6-10(8(2)3)13(14(9)18)11-7-12(15)17-16-11/h5-8,18H,4H2,1-3H3,(H3,15,16,17). The summed E-state index contributed by atoms with van der Waals surface area (Å²) in [5.74, 6) is 1.08. The van der Waals surface area contributed by atoms with E-state index in [0.29, 0.717) is 17.5 Å². The second kappa shape index (κ2) is 4.72. The number of hydrogen-bond donors (Lipinski definition) is 3. The van der Waals surface area contributed by atoms with Crippen LogP contribution >= 0.6 is 0 Å². The number of aromatic nitrogens is 2. The van der Waals surface area contributed by atoms with Gasteiger partial charge in [-0.3, -0.25) is 5.10 Å². The highest BCUT2D eigenvalue weighted by molar-refractivity contribution is 5.74. The molecule has 4 N–H and O–H groups in total. The molecule has 18 heavy (non-hydrogen) atoms. The number of nitrogen functional groups attached to an aromatic ring is 1. The van der Waals surface area contributed by atoms with Crippen LogP contribution < -0.4 is 5.73 Å². The average molecular weight is 245 g/mol. The van der Waals surface area contributed by atoms with Gasteiger partial charge in [0.25, 0.3) is 0 Å². The van der Waals surface area contributed by atoms with E-state index in [1.54, 1.807) is 6.07 Å². The number of anilines is 1. The minimum Gasteiger partial charge on any atom is -0.507 e. The van der Waals surface area contributed by atoms with Gasteiger partial charge in [-0.2, -0.15) is 5.10 Å². The van der Waals surface area contributed by atoms with Crippen LogP contribution in [0.1, 0.15) is 37.8 Å². The van der Waals surface area contributed by atoms with Gasteiger partial charge in [-0.15, -0.1) is 0 Å². The van der Waals surface area contributed by atoms with Gasteiger partial charge in [0.05, 0.1) is 5.69 Å². The quantitative estimate of drug-likeness (QED) is 0.778. The van der Waals surface area contributed by atoms with Gasteiger partial charge in [0.2, 0.25) is 0 Å². The maximum atomic E-state index is 10.4. The average Bonchev–Trinajstić information content (AvgIpc) is 2.74. The number of phenolic OH excluding ortho intramolecular Hbond substituents is 1. The Kier molecular flexibility index (Phi) is 3.28. The van der Waals surface area contributed by atoms with E-state index in [1.807, 2.05) is 13.0 Å². The molecular formula is C14H19N3O. The monoisotopic (exact) mass is 245 g/mol. The Morgan fingerprint density at radius 2 is 2.11 bits per heavy atom. The van der Waals surface area contributed by atoms with Gasteiger partial charge >= 0.3 is 0 Å². The van der Waals surface area contributed by atoms with E-state index in [-0.39, 0.29) is 0 Å². The van der Waals surface area contributed by atoms with Gasteiger partial charge in [-0.1, -0.05) is 32.9 Å². The summed E-state index contributed by atoms with van der Waals surface area (Å²) < 4.78 is 0. The largest absolute Gasteiger partial charge is 0.507 e. The number of rotatable bonds is 3. The molecule has 0 amide bonds. The van der Waals surface area contributed by atoms with Crippen molar-refractivity contribution in [1.82, 2.24) is 10.2 Å². The molecule has 0 spiro atoms. The van der Waals surface area contributed by atoms with E-state index in [1.165, 1.54) is 0 Å². The third-order valence-electron chi connectivity index (χ3n) is 3.16. The van der Waals surface area contributed by atoms with Crippen LogP contribution in [0.5, 0.6) is 5.75 Å². The molecule has 0 saturated carbocycles. The van der Waals surface area contributed by atoms with Gasteiger partial charge in [0.1, 0.15) is 11.6 Å². The lowest BCUT2D eigenvalue weighted by Gasteiger charge is -2.15. The van der Waals surface area contributed by atoms with Crippen molar-refractivity contribution in [3.63, 3.8) is 0 Å². The van der Waals surface area contributed by atoms with Crippen molar-refractivity contribution in [2.45, 2.75) is 33.1 Å². The number of nitrogens with zero attached hydrogens (tertiary/aromatic N) is 1. The van der Waals surface area contributed by atoms with E-state index < -0.39 is 0 Å². The van der Waals surface area contributed by atoms with Crippen LogP contribution in [0.4, 0.5) is 5.82 Å². The molecule has 96 valence electrons. The second-order valence-electron chi connectivity index (χ2n) is 4.75.